The van der Waals surface area contributed by atoms with Crippen molar-refractivity contribution in [3.05, 3.63) is 47.3 Å². The molecule has 1 aliphatic rings. The molecule has 0 spiro atoms. The Balaban J connectivity index is 1.97. The predicted octanol–water partition coefficient (Wildman–Crippen LogP) is 3.94. The van der Waals surface area contributed by atoms with E-state index in [4.69, 9.17) is 9.84 Å². The van der Waals surface area contributed by atoms with Crippen molar-refractivity contribution in [2.45, 2.75) is 44.8 Å². The monoisotopic (exact) mass is 468 g/mol. The quantitative estimate of drug-likeness (QED) is 0.340. The molecular formula is C23H27F3N2O5. The lowest BCUT2D eigenvalue weighted by Gasteiger charge is -2.26. The number of carboxylic acids is 1. The molecule has 0 saturated heterocycles. The Morgan fingerprint density at radius 1 is 1.15 bits per heavy atom. The van der Waals surface area contributed by atoms with Crippen LogP contribution in [0.1, 0.15) is 31.2 Å². The second kappa shape index (κ2) is 9.88. The van der Waals surface area contributed by atoms with Gasteiger partial charge in [-0.25, -0.2) is 18.0 Å². The van der Waals surface area contributed by atoms with Crippen LogP contribution in [0.4, 0.5) is 30.2 Å². The average molecular weight is 468 g/mol. The molecule has 180 valence electrons. The van der Waals surface area contributed by atoms with Gasteiger partial charge in [0.1, 0.15) is 29.0 Å². The minimum Gasteiger partial charge on any atom is -0.494 e. The first-order valence-electron chi connectivity index (χ1n) is 10.5. The zero-order valence-electron chi connectivity index (χ0n) is 18.3. The summed E-state index contributed by atoms with van der Waals surface area (Å²) in [5.74, 6) is -4.72. The normalized spacial score (nSPS) is 16.1. The van der Waals surface area contributed by atoms with Crippen molar-refractivity contribution in [1.29, 1.82) is 0 Å². The summed E-state index contributed by atoms with van der Waals surface area (Å²) in [6, 6.07) is 3.68. The predicted molar refractivity (Wildman–Crippen MR) is 116 cm³/mol. The Hall–Kier alpha value is -2.98. The van der Waals surface area contributed by atoms with Crippen molar-refractivity contribution in [3.63, 3.8) is 0 Å². The second-order valence-electron chi connectivity index (χ2n) is 8.51. The van der Waals surface area contributed by atoms with Crippen LogP contribution in [0.2, 0.25) is 0 Å². The lowest BCUT2D eigenvalue weighted by atomic mass is 9.90. The van der Waals surface area contributed by atoms with Crippen molar-refractivity contribution in [3.8, 4) is 5.75 Å². The molecule has 5 N–H and O–H groups in total. The highest BCUT2D eigenvalue weighted by molar-refractivity contribution is 5.85. The smallest absolute Gasteiger partial charge is 0.326 e. The van der Waals surface area contributed by atoms with Crippen molar-refractivity contribution in [2.75, 3.05) is 24.4 Å². The van der Waals surface area contributed by atoms with E-state index in [0.29, 0.717) is 18.4 Å². The number of methoxy groups -OCH3 is 1. The van der Waals surface area contributed by atoms with Gasteiger partial charge in [0.05, 0.1) is 25.5 Å². The number of aliphatic hydroxyl groups is 2. The Morgan fingerprint density at radius 3 is 2.39 bits per heavy atom. The SMILES string of the molecule is COc1cc(F)c(F)c(Nc2ccc(C)cc2F)c1NC(CC1(CC(O)CO)CC1)C(=O)O. The van der Waals surface area contributed by atoms with E-state index < -0.39 is 53.3 Å². The van der Waals surface area contributed by atoms with Gasteiger partial charge in [0.2, 0.25) is 0 Å². The number of hydrogen-bond acceptors (Lipinski definition) is 6. The van der Waals surface area contributed by atoms with Gasteiger partial charge in [0.15, 0.2) is 11.6 Å². The van der Waals surface area contributed by atoms with Crippen molar-refractivity contribution < 1.29 is 38.0 Å². The van der Waals surface area contributed by atoms with Gasteiger partial charge in [-0.1, -0.05) is 6.07 Å². The van der Waals surface area contributed by atoms with Crippen LogP contribution in [0.15, 0.2) is 24.3 Å². The summed E-state index contributed by atoms with van der Waals surface area (Å²) in [4.78, 5) is 12.0. The average Bonchev–Trinajstić information content (AvgIpc) is 3.52. The molecule has 2 unspecified atom stereocenters. The molecular weight excluding hydrogens is 441 g/mol. The summed E-state index contributed by atoms with van der Waals surface area (Å²) >= 11 is 0. The topological polar surface area (TPSA) is 111 Å². The van der Waals surface area contributed by atoms with E-state index >= 15 is 0 Å². The van der Waals surface area contributed by atoms with Crippen molar-refractivity contribution in [1.82, 2.24) is 0 Å². The van der Waals surface area contributed by atoms with Gasteiger partial charge in [-0.05, 0) is 55.7 Å². The molecule has 0 bridgehead atoms. The number of hydrogen-bond donors (Lipinski definition) is 5. The Kier molecular flexibility index (Phi) is 7.38. The molecule has 0 amide bonds. The van der Waals surface area contributed by atoms with E-state index in [1.807, 2.05) is 0 Å². The first-order chi connectivity index (χ1) is 15.6. The molecule has 0 heterocycles. The minimum atomic E-state index is -1.33. The van der Waals surface area contributed by atoms with E-state index in [1.165, 1.54) is 19.2 Å². The lowest BCUT2D eigenvalue weighted by Crippen LogP contribution is -2.34. The Labute approximate surface area is 189 Å². The fourth-order valence-corrected chi connectivity index (χ4v) is 3.92. The molecule has 2 aromatic carbocycles. The molecule has 3 rings (SSSR count). The summed E-state index contributed by atoms with van der Waals surface area (Å²) in [6.07, 6.45) is 0.610. The molecule has 1 saturated carbocycles. The molecule has 0 aromatic heterocycles. The highest BCUT2D eigenvalue weighted by Gasteiger charge is 2.46. The number of rotatable bonds is 11. The van der Waals surface area contributed by atoms with E-state index in [1.54, 1.807) is 13.0 Å². The number of halogens is 3. The van der Waals surface area contributed by atoms with Crippen LogP contribution in [0, 0.1) is 29.8 Å². The molecule has 2 aromatic rings. The van der Waals surface area contributed by atoms with Gasteiger partial charge < -0.3 is 30.7 Å². The highest BCUT2D eigenvalue weighted by atomic mass is 19.2. The third kappa shape index (κ3) is 5.69. The van der Waals surface area contributed by atoms with E-state index in [2.05, 4.69) is 10.6 Å². The molecule has 10 heteroatoms. The number of carboxylic acid groups (broad SMARTS) is 1. The Bertz CT molecular complexity index is 1030. The zero-order valence-corrected chi connectivity index (χ0v) is 18.3. The first kappa shape index (κ1) is 24.7. The van der Waals surface area contributed by atoms with E-state index in [0.717, 1.165) is 6.07 Å². The fourth-order valence-electron chi connectivity index (χ4n) is 3.92. The minimum absolute atomic E-state index is 0.0693. The number of aryl methyl sites for hydroxylation is 1. The highest BCUT2D eigenvalue weighted by Crippen LogP contribution is 2.54. The van der Waals surface area contributed by atoms with Crippen molar-refractivity contribution in [2.24, 2.45) is 5.41 Å². The summed E-state index contributed by atoms with van der Waals surface area (Å²) in [6.45, 7) is 1.23. The molecule has 1 aliphatic carbocycles. The number of carbonyl (C=O) groups is 1. The maximum Gasteiger partial charge on any atom is 0.326 e. The van der Waals surface area contributed by atoms with Gasteiger partial charge in [0.25, 0.3) is 0 Å². The number of aliphatic hydroxyl groups excluding tert-OH is 2. The molecule has 0 aliphatic heterocycles. The van der Waals surface area contributed by atoms with Crippen LogP contribution in [0.5, 0.6) is 5.75 Å². The molecule has 1 fully saturated rings. The van der Waals surface area contributed by atoms with Crippen LogP contribution >= 0.6 is 0 Å². The van der Waals surface area contributed by atoms with Crippen LogP contribution in [-0.4, -0.2) is 47.2 Å². The molecule has 0 radical (unpaired) electrons. The maximum absolute atomic E-state index is 14.8. The third-order valence-corrected chi connectivity index (χ3v) is 5.88. The fraction of sp³-hybridized carbons (Fsp3) is 0.435. The number of ether oxygens (including phenoxy) is 1. The second-order valence-corrected chi connectivity index (χ2v) is 8.51. The summed E-state index contributed by atoms with van der Waals surface area (Å²) < 4.78 is 48.6. The van der Waals surface area contributed by atoms with Crippen LogP contribution in [-0.2, 0) is 4.79 Å². The number of nitrogens with one attached hydrogen (secondary N) is 2. The third-order valence-electron chi connectivity index (χ3n) is 5.88. The standard InChI is InChI=1S/C23H27F3N2O5/c1-12-3-4-16(14(24)7-12)27-21-19(26)15(25)8-18(33-2)20(21)28-17(22(31)32)10-23(5-6-23)9-13(30)11-29/h3-4,7-8,13,17,27-30H,5-6,9-11H2,1-2H3,(H,31,32). The lowest BCUT2D eigenvalue weighted by molar-refractivity contribution is -0.138. The van der Waals surface area contributed by atoms with Gasteiger partial charge in [-0.2, -0.15) is 0 Å². The van der Waals surface area contributed by atoms with E-state index in [-0.39, 0.29) is 30.0 Å². The largest absolute Gasteiger partial charge is 0.494 e. The number of benzene rings is 2. The van der Waals surface area contributed by atoms with Crippen LogP contribution < -0.4 is 15.4 Å². The molecule has 33 heavy (non-hydrogen) atoms. The Morgan fingerprint density at radius 2 is 1.85 bits per heavy atom. The summed E-state index contributed by atoms with van der Waals surface area (Å²) in [7, 11) is 1.21. The summed E-state index contributed by atoms with van der Waals surface area (Å²) in [5.41, 5.74) is -0.685. The van der Waals surface area contributed by atoms with Crippen LogP contribution in [0.25, 0.3) is 0 Å². The van der Waals surface area contributed by atoms with Crippen molar-refractivity contribution >= 4 is 23.0 Å². The zero-order chi connectivity index (χ0) is 24.3. The van der Waals surface area contributed by atoms with Gasteiger partial charge >= 0.3 is 5.97 Å². The van der Waals surface area contributed by atoms with Gasteiger partial charge in [-0.3, -0.25) is 0 Å². The first-order valence-corrected chi connectivity index (χ1v) is 10.5. The molecule has 7 nitrogen and oxygen atoms in total. The van der Waals surface area contributed by atoms with Gasteiger partial charge in [0, 0.05) is 6.07 Å². The van der Waals surface area contributed by atoms with E-state index in [9.17, 15) is 28.2 Å². The van der Waals surface area contributed by atoms with Crippen LogP contribution in [0.3, 0.4) is 0 Å². The van der Waals surface area contributed by atoms with Gasteiger partial charge in [-0.15, -0.1) is 0 Å². The number of anilines is 3. The molecule has 2 atom stereocenters. The summed E-state index contributed by atoms with van der Waals surface area (Å²) in [5, 5.41) is 34.0. The number of aliphatic carboxylic acids is 1. The maximum atomic E-state index is 14.8.